The van der Waals surface area contributed by atoms with Crippen LogP contribution in [0.2, 0.25) is 0 Å². The number of aromatic nitrogens is 3. The molecule has 0 aliphatic rings. The van der Waals surface area contributed by atoms with Gasteiger partial charge in [-0.2, -0.15) is 0 Å². The van der Waals surface area contributed by atoms with Gasteiger partial charge in [0.25, 0.3) is 0 Å². The van der Waals surface area contributed by atoms with Gasteiger partial charge in [-0.25, -0.2) is 4.98 Å². The highest BCUT2D eigenvalue weighted by atomic mass is 16.3. The Morgan fingerprint density at radius 3 is 1.79 bits per heavy atom. The zero-order valence-corrected chi connectivity index (χ0v) is 31.1. The van der Waals surface area contributed by atoms with Crippen LogP contribution in [0.3, 0.4) is 0 Å². The second-order valence-electron chi connectivity index (χ2n) is 14.6. The van der Waals surface area contributed by atoms with Gasteiger partial charge in [-0.05, 0) is 77.9 Å². The van der Waals surface area contributed by atoms with E-state index in [2.05, 4.69) is 143 Å². The molecule has 0 fully saturated rings. The van der Waals surface area contributed by atoms with E-state index in [-0.39, 0.29) is 0 Å². The monoisotopic (exact) mass is 744 g/mol. The van der Waals surface area contributed by atoms with Crippen LogP contribution in [0.4, 0.5) is 17.1 Å². The van der Waals surface area contributed by atoms with Gasteiger partial charge in [-0.3, -0.25) is 9.55 Å². The van der Waals surface area contributed by atoms with Crippen molar-refractivity contribution >= 4 is 82.7 Å². The molecule has 0 amide bonds. The van der Waals surface area contributed by atoms with Crippen molar-refractivity contribution in [3.8, 4) is 28.2 Å². The lowest BCUT2D eigenvalue weighted by atomic mass is 10.0. The SMILES string of the molecule is c1ccc(-c2ccc(N(c3ccc4c(c3)oc3ccccc34)c3ccc4c(c3)c3c5oc6ccccc6c5ccc3n4-c3cncc(-c4ccccc4)n3)cc2)cc1. The van der Waals surface area contributed by atoms with Gasteiger partial charge in [0.05, 0.1) is 34.5 Å². The average molecular weight is 745 g/mol. The summed E-state index contributed by atoms with van der Waals surface area (Å²) in [5.74, 6) is 0.730. The maximum absolute atomic E-state index is 6.74. The van der Waals surface area contributed by atoms with Gasteiger partial charge in [-0.1, -0.05) is 109 Å². The van der Waals surface area contributed by atoms with Gasteiger partial charge < -0.3 is 13.7 Å². The van der Waals surface area contributed by atoms with E-state index in [4.69, 9.17) is 18.8 Å². The zero-order valence-electron chi connectivity index (χ0n) is 31.1. The second-order valence-corrected chi connectivity index (χ2v) is 14.6. The van der Waals surface area contributed by atoms with Crippen LogP contribution in [-0.2, 0) is 0 Å². The van der Waals surface area contributed by atoms with E-state index in [1.807, 2.05) is 60.9 Å². The fourth-order valence-electron chi connectivity index (χ4n) is 8.61. The predicted molar refractivity (Wildman–Crippen MR) is 236 cm³/mol. The normalized spacial score (nSPS) is 11.8. The summed E-state index contributed by atoms with van der Waals surface area (Å²) >= 11 is 0. The number of benzene rings is 8. The van der Waals surface area contributed by atoms with Gasteiger partial charge in [0.15, 0.2) is 5.82 Å². The summed E-state index contributed by atoms with van der Waals surface area (Å²) in [4.78, 5) is 12.2. The number of rotatable bonds is 6. The number of furan rings is 2. The van der Waals surface area contributed by atoms with E-state index in [1.165, 1.54) is 5.56 Å². The molecular formula is C52H32N4O2. The van der Waals surface area contributed by atoms with Gasteiger partial charge in [-0.15, -0.1) is 0 Å². The van der Waals surface area contributed by atoms with Crippen molar-refractivity contribution < 1.29 is 8.83 Å². The summed E-state index contributed by atoms with van der Waals surface area (Å²) < 4.78 is 15.4. The lowest BCUT2D eigenvalue weighted by Crippen LogP contribution is -2.10. The van der Waals surface area contributed by atoms with E-state index in [1.54, 1.807) is 0 Å². The molecule has 0 bridgehead atoms. The van der Waals surface area contributed by atoms with E-state index >= 15 is 0 Å². The number of para-hydroxylation sites is 2. The minimum Gasteiger partial charge on any atom is -0.456 e. The minimum absolute atomic E-state index is 0.730. The minimum atomic E-state index is 0.730. The van der Waals surface area contributed by atoms with Crippen molar-refractivity contribution in [2.24, 2.45) is 0 Å². The molecule has 0 radical (unpaired) electrons. The molecule has 0 atom stereocenters. The summed E-state index contributed by atoms with van der Waals surface area (Å²) in [6, 6.07) is 63.4. The van der Waals surface area contributed by atoms with E-state index in [0.29, 0.717) is 0 Å². The summed E-state index contributed by atoms with van der Waals surface area (Å²) in [5, 5.41) is 6.40. The fourth-order valence-corrected chi connectivity index (χ4v) is 8.61. The van der Waals surface area contributed by atoms with Crippen molar-refractivity contribution in [2.45, 2.75) is 0 Å². The molecule has 0 N–H and O–H groups in total. The van der Waals surface area contributed by atoms with Gasteiger partial charge >= 0.3 is 0 Å². The Bertz CT molecular complexity index is 3510. The molecule has 12 aromatic rings. The van der Waals surface area contributed by atoms with Gasteiger partial charge in [0.1, 0.15) is 22.3 Å². The maximum atomic E-state index is 6.74. The molecular weight excluding hydrogens is 713 g/mol. The summed E-state index contributed by atoms with van der Waals surface area (Å²) in [7, 11) is 0. The number of fused-ring (bicyclic) bond motifs is 10. The number of anilines is 3. The third-order valence-electron chi connectivity index (χ3n) is 11.3. The first kappa shape index (κ1) is 32.3. The summed E-state index contributed by atoms with van der Waals surface area (Å²) in [5.41, 5.74) is 12.5. The molecule has 0 saturated carbocycles. The number of hydrogen-bond acceptors (Lipinski definition) is 5. The zero-order chi connectivity index (χ0) is 38.2. The lowest BCUT2D eigenvalue weighted by Gasteiger charge is -2.26. The molecule has 0 spiro atoms. The van der Waals surface area contributed by atoms with Crippen LogP contribution in [0.1, 0.15) is 0 Å². The van der Waals surface area contributed by atoms with Crippen molar-refractivity contribution in [1.29, 1.82) is 0 Å². The Morgan fingerprint density at radius 2 is 1.00 bits per heavy atom. The van der Waals surface area contributed by atoms with E-state index in [0.717, 1.165) is 105 Å². The topological polar surface area (TPSA) is 60.2 Å². The molecule has 4 heterocycles. The van der Waals surface area contributed by atoms with Gasteiger partial charge in [0.2, 0.25) is 0 Å². The van der Waals surface area contributed by atoms with Crippen molar-refractivity contribution in [2.75, 3.05) is 4.90 Å². The second kappa shape index (κ2) is 12.8. The lowest BCUT2D eigenvalue weighted by molar-refractivity contribution is 0.669. The molecule has 0 unspecified atom stereocenters. The van der Waals surface area contributed by atoms with Crippen LogP contribution >= 0.6 is 0 Å². The molecule has 0 saturated heterocycles. The van der Waals surface area contributed by atoms with Crippen molar-refractivity contribution in [3.63, 3.8) is 0 Å². The van der Waals surface area contributed by atoms with Crippen LogP contribution in [0.5, 0.6) is 0 Å². The Kier molecular flexibility index (Phi) is 7.13. The molecule has 58 heavy (non-hydrogen) atoms. The molecule has 6 heteroatoms. The van der Waals surface area contributed by atoms with Crippen molar-refractivity contribution in [3.05, 3.63) is 194 Å². The summed E-state index contributed by atoms with van der Waals surface area (Å²) in [6.07, 6.45) is 3.66. The molecule has 272 valence electrons. The third kappa shape index (κ3) is 5.05. The molecule has 6 nitrogen and oxygen atoms in total. The molecule has 0 aliphatic heterocycles. The van der Waals surface area contributed by atoms with Gasteiger partial charge in [0, 0.05) is 55.6 Å². The van der Waals surface area contributed by atoms with Crippen LogP contribution in [-0.4, -0.2) is 14.5 Å². The Balaban J connectivity index is 1.11. The van der Waals surface area contributed by atoms with Crippen LogP contribution in [0, 0.1) is 0 Å². The quantitative estimate of drug-likeness (QED) is 0.170. The average Bonchev–Trinajstić information content (AvgIpc) is 3.96. The summed E-state index contributed by atoms with van der Waals surface area (Å²) in [6.45, 7) is 0. The van der Waals surface area contributed by atoms with Crippen LogP contribution in [0.25, 0.3) is 93.9 Å². The Hall–Kier alpha value is -7.96. The highest BCUT2D eigenvalue weighted by molar-refractivity contribution is 6.24. The molecule has 8 aromatic carbocycles. The van der Waals surface area contributed by atoms with Crippen LogP contribution < -0.4 is 4.90 Å². The van der Waals surface area contributed by atoms with Crippen molar-refractivity contribution in [1.82, 2.24) is 14.5 Å². The first-order valence-corrected chi connectivity index (χ1v) is 19.4. The smallest absolute Gasteiger partial charge is 0.156 e. The first-order chi connectivity index (χ1) is 28.7. The van der Waals surface area contributed by atoms with Crippen LogP contribution in [0.15, 0.2) is 203 Å². The standard InChI is InChI=1S/C52H32N4O2/c1-3-11-33(12-4-1)34-19-21-36(22-20-34)55(38-23-25-41-39-15-7-9-17-47(39)57-49(41)30-38)37-24-27-45-43(29-37)51-46(28-26-42-40-16-8-10-18-48(40)58-52(42)51)56(45)50-32-53-31-44(54-50)35-13-5-2-6-14-35/h1-32H. The fraction of sp³-hybridized carbons (Fsp3) is 0. The highest BCUT2D eigenvalue weighted by Gasteiger charge is 2.23. The van der Waals surface area contributed by atoms with E-state index < -0.39 is 0 Å². The Labute approximate surface area is 332 Å². The highest BCUT2D eigenvalue weighted by Crippen LogP contribution is 2.44. The van der Waals surface area contributed by atoms with E-state index in [9.17, 15) is 0 Å². The molecule has 0 aliphatic carbocycles. The Morgan fingerprint density at radius 1 is 0.414 bits per heavy atom. The maximum Gasteiger partial charge on any atom is 0.156 e. The number of nitrogens with zero attached hydrogens (tertiary/aromatic N) is 4. The molecule has 12 rings (SSSR count). The number of hydrogen-bond donors (Lipinski definition) is 0. The molecule has 4 aromatic heterocycles. The predicted octanol–water partition coefficient (Wildman–Crippen LogP) is 14.2. The third-order valence-corrected chi connectivity index (χ3v) is 11.3. The largest absolute Gasteiger partial charge is 0.456 e. The first-order valence-electron chi connectivity index (χ1n) is 19.4.